The fourth-order valence-electron chi connectivity index (χ4n) is 2.26. The molecule has 2 rings (SSSR count). The number of guanidine groups is 1. The quantitative estimate of drug-likeness (QED) is 0.540. The van der Waals surface area contributed by atoms with Crippen LogP contribution in [0, 0.1) is 0 Å². The molecule has 0 aliphatic rings. The van der Waals surface area contributed by atoms with Crippen LogP contribution in [0.2, 0.25) is 0 Å². The number of rotatable bonds is 8. The molecule has 146 valence electrons. The van der Waals surface area contributed by atoms with Crippen LogP contribution in [0.4, 0.5) is 0 Å². The number of amides is 1. The second kappa shape index (κ2) is 10.7. The van der Waals surface area contributed by atoms with Crippen LogP contribution in [-0.2, 0) is 17.8 Å². The summed E-state index contributed by atoms with van der Waals surface area (Å²) in [4.78, 5) is 22.4. The molecule has 0 bridgehead atoms. The van der Waals surface area contributed by atoms with Crippen molar-refractivity contribution in [2.45, 2.75) is 32.7 Å². The van der Waals surface area contributed by atoms with Crippen molar-refractivity contribution in [2.75, 3.05) is 27.2 Å². The minimum atomic E-state index is -0.0319. The Morgan fingerprint density at radius 2 is 1.96 bits per heavy atom. The van der Waals surface area contributed by atoms with Gasteiger partial charge >= 0.3 is 0 Å². The predicted octanol–water partition coefficient (Wildman–Crippen LogP) is 2.63. The average molecular weight is 388 g/mol. The smallest absolute Gasteiger partial charge is 0.243 e. The number of nitrogens with zero attached hydrogens (tertiary/aromatic N) is 3. The van der Waals surface area contributed by atoms with E-state index in [0.29, 0.717) is 18.4 Å². The Hall–Kier alpha value is -2.41. The highest BCUT2D eigenvalue weighted by Gasteiger charge is 2.08. The van der Waals surface area contributed by atoms with E-state index in [1.807, 2.05) is 18.2 Å². The van der Waals surface area contributed by atoms with Gasteiger partial charge in [0.05, 0.1) is 12.2 Å². The van der Waals surface area contributed by atoms with E-state index >= 15 is 0 Å². The van der Waals surface area contributed by atoms with Gasteiger partial charge in [-0.2, -0.15) is 0 Å². The predicted molar refractivity (Wildman–Crippen MR) is 112 cm³/mol. The lowest BCUT2D eigenvalue weighted by atomic mass is 10.1. The summed E-state index contributed by atoms with van der Waals surface area (Å²) in [5.74, 6) is 1.02. The number of carbonyl (C=O) groups is 1. The maximum Gasteiger partial charge on any atom is 0.243 e. The van der Waals surface area contributed by atoms with Crippen LogP contribution in [0.1, 0.15) is 36.0 Å². The molecule has 0 spiro atoms. The molecule has 1 aromatic carbocycles. The molecule has 27 heavy (non-hydrogen) atoms. The summed E-state index contributed by atoms with van der Waals surface area (Å²) in [7, 11) is 3.47. The van der Waals surface area contributed by atoms with Gasteiger partial charge in [-0.05, 0) is 17.9 Å². The van der Waals surface area contributed by atoms with Gasteiger partial charge in [-0.15, -0.1) is 11.3 Å². The standard InChI is InChI=1S/C20H29N5OS/c1-15(2)17-14-27-18(24-17)12-22-20(23-13-19(26)25(3)4)21-11-10-16-8-6-5-7-9-16/h5-9,14-15H,10-13H2,1-4H3,(H2,21,22,23). The molecular formula is C20H29N5OS. The van der Waals surface area contributed by atoms with Crippen molar-refractivity contribution < 1.29 is 4.79 Å². The number of aliphatic imine (C=N–C) groups is 1. The zero-order valence-corrected chi connectivity index (χ0v) is 17.3. The van der Waals surface area contributed by atoms with E-state index in [1.165, 1.54) is 5.56 Å². The van der Waals surface area contributed by atoms with Gasteiger partial charge in [0.1, 0.15) is 11.6 Å². The lowest BCUT2D eigenvalue weighted by molar-refractivity contribution is -0.127. The molecular weight excluding hydrogens is 358 g/mol. The summed E-state index contributed by atoms with van der Waals surface area (Å²) in [5, 5.41) is 9.70. The molecule has 6 nitrogen and oxygen atoms in total. The highest BCUT2D eigenvalue weighted by molar-refractivity contribution is 7.09. The van der Waals surface area contributed by atoms with E-state index < -0.39 is 0 Å². The Kier molecular flexibility index (Phi) is 8.26. The molecule has 0 fully saturated rings. The van der Waals surface area contributed by atoms with Crippen LogP contribution in [0.3, 0.4) is 0 Å². The number of hydrogen-bond acceptors (Lipinski definition) is 4. The van der Waals surface area contributed by atoms with Gasteiger partial charge in [-0.1, -0.05) is 44.2 Å². The van der Waals surface area contributed by atoms with Crippen molar-refractivity contribution in [3.05, 3.63) is 52.0 Å². The Balaban J connectivity index is 1.93. The van der Waals surface area contributed by atoms with Crippen molar-refractivity contribution in [3.63, 3.8) is 0 Å². The lowest BCUT2D eigenvalue weighted by Crippen LogP contribution is -2.39. The van der Waals surface area contributed by atoms with Crippen molar-refractivity contribution in [3.8, 4) is 0 Å². The van der Waals surface area contributed by atoms with Crippen molar-refractivity contribution in [2.24, 2.45) is 4.99 Å². The molecule has 1 aromatic heterocycles. The van der Waals surface area contributed by atoms with Crippen LogP contribution >= 0.6 is 11.3 Å². The fraction of sp³-hybridized carbons (Fsp3) is 0.450. The molecule has 2 aromatic rings. The Morgan fingerprint density at radius 3 is 2.59 bits per heavy atom. The first-order valence-electron chi connectivity index (χ1n) is 9.16. The minimum absolute atomic E-state index is 0.0319. The molecule has 0 saturated carbocycles. The van der Waals surface area contributed by atoms with Crippen molar-refractivity contribution >= 4 is 23.2 Å². The summed E-state index contributed by atoms with van der Waals surface area (Å²) in [6.45, 7) is 5.71. The molecule has 0 aliphatic heterocycles. The first kappa shape index (κ1) is 20.9. The van der Waals surface area contributed by atoms with Crippen LogP contribution in [0.15, 0.2) is 40.7 Å². The van der Waals surface area contributed by atoms with Gasteiger partial charge < -0.3 is 15.5 Å². The molecule has 0 saturated heterocycles. The van der Waals surface area contributed by atoms with Crippen molar-refractivity contribution in [1.82, 2.24) is 20.5 Å². The molecule has 0 atom stereocenters. The van der Waals surface area contributed by atoms with E-state index in [1.54, 1.807) is 30.3 Å². The highest BCUT2D eigenvalue weighted by Crippen LogP contribution is 2.17. The van der Waals surface area contributed by atoms with E-state index in [-0.39, 0.29) is 12.5 Å². The molecule has 0 unspecified atom stereocenters. The van der Waals surface area contributed by atoms with Crippen LogP contribution in [0.5, 0.6) is 0 Å². The first-order chi connectivity index (χ1) is 13.0. The zero-order chi connectivity index (χ0) is 19.6. The zero-order valence-electron chi connectivity index (χ0n) is 16.5. The second-order valence-corrected chi connectivity index (χ2v) is 7.73. The molecule has 0 aliphatic carbocycles. The van der Waals surface area contributed by atoms with Gasteiger partial charge in [0.15, 0.2) is 5.96 Å². The Labute approximate surface area is 165 Å². The molecule has 0 radical (unpaired) electrons. The van der Waals surface area contributed by atoms with Gasteiger partial charge in [0.2, 0.25) is 5.91 Å². The number of nitrogens with one attached hydrogen (secondary N) is 2. The lowest BCUT2D eigenvalue weighted by Gasteiger charge is -2.13. The number of likely N-dealkylation sites (N-methyl/N-ethyl adjacent to an activating group) is 1. The summed E-state index contributed by atoms with van der Waals surface area (Å²) in [6, 6.07) is 10.3. The molecule has 2 N–H and O–H groups in total. The monoisotopic (exact) mass is 387 g/mol. The van der Waals surface area contributed by atoms with E-state index in [0.717, 1.165) is 23.7 Å². The minimum Gasteiger partial charge on any atom is -0.356 e. The molecule has 1 heterocycles. The Bertz CT molecular complexity index is 740. The fourth-order valence-corrected chi connectivity index (χ4v) is 3.16. The number of hydrogen-bond donors (Lipinski definition) is 2. The van der Waals surface area contributed by atoms with Gasteiger partial charge in [0.25, 0.3) is 0 Å². The van der Waals surface area contributed by atoms with Gasteiger partial charge in [0, 0.05) is 26.0 Å². The van der Waals surface area contributed by atoms with Gasteiger partial charge in [-0.3, -0.25) is 4.79 Å². The number of benzene rings is 1. The van der Waals surface area contributed by atoms with Gasteiger partial charge in [-0.25, -0.2) is 9.98 Å². The van der Waals surface area contributed by atoms with E-state index in [2.05, 4.69) is 52.0 Å². The third-order valence-corrected chi connectivity index (χ3v) is 4.86. The van der Waals surface area contributed by atoms with Crippen LogP contribution in [0.25, 0.3) is 0 Å². The molecule has 1 amide bonds. The van der Waals surface area contributed by atoms with Crippen molar-refractivity contribution in [1.29, 1.82) is 0 Å². The number of aromatic nitrogens is 1. The third kappa shape index (κ3) is 7.38. The first-order valence-corrected chi connectivity index (χ1v) is 10.0. The number of carbonyl (C=O) groups excluding carboxylic acids is 1. The maximum atomic E-state index is 11.8. The highest BCUT2D eigenvalue weighted by atomic mass is 32.1. The summed E-state index contributed by atoms with van der Waals surface area (Å²) < 4.78 is 0. The van der Waals surface area contributed by atoms with Crippen LogP contribution < -0.4 is 10.6 Å². The maximum absolute atomic E-state index is 11.8. The normalized spacial score (nSPS) is 11.5. The van der Waals surface area contributed by atoms with E-state index in [9.17, 15) is 4.79 Å². The average Bonchev–Trinajstić information content (AvgIpc) is 3.13. The van der Waals surface area contributed by atoms with E-state index in [4.69, 9.17) is 0 Å². The largest absolute Gasteiger partial charge is 0.356 e. The summed E-state index contributed by atoms with van der Waals surface area (Å²) in [5.41, 5.74) is 2.37. The second-order valence-electron chi connectivity index (χ2n) is 6.79. The third-order valence-electron chi connectivity index (χ3n) is 3.99. The summed E-state index contributed by atoms with van der Waals surface area (Å²) in [6.07, 6.45) is 0.887. The molecule has 7 heteroatoms. The summed E-state index contributed by atoms with van der Waals surface area (Å²) >= 11 is 1.64. The topological polar surface area (TPSA) is 69.6 Å². The Morgan fingerprint density at radius 1 is 1.22 bits per heavy atom. The SMILES string of the molecule is CC(C)c1csc(CNC(=NCC(=O)N(C)C)NCCc2ccccc2)n1. The number of thiazole rings is 1. The van der Waals surface area contributed by atoms with Crippen LogP contribution in [-0.4, -0.2) is 48.9 Å².